The molecule has 0 radical (unpaired) electrons. The molecular formula is C43H58ClN5O6S. The number of nitrogens with one attached hydrogen (secondary N) is 1. The van der Waals surface area contributed by atoms with Crippen molar-refractivity contribution in [3.05, 3.63) is 87.6 Å². The number of methoxy groups -OCH3 is 1. The molecule has 304 valence electrons. The van der Waals surface area contributed by atoms with Crippen LogP contribution in [0.1, 0.15) is 84.8 Å². The number of anilines is 1. The molecule has 1 aliphatic carbocycles. The van der Waals surface area contributed by atoms with E-state index in [9.17, 15) is 13.2 Å². The second-order valence-corrected chi connectivity index (χ2v) is 19.0. The molecule has 1 saturated heterocycles. The number of aromatic nitrogens is 1. The number of rotatable bonds is 5. The van der Waals surface area contributed by atoms with Crippen molar-refractivity contribution in [2.75, 3.05) is 57.8 Å². The second-order valence-electron chi connectivity index (χ2n) is 16.5. The molecule has 4 heterocycles. The summed E-state index contributed by atoms with van der Waals surface area (Å²) in [6, 6.07) is 11.3. The van der Waals surface area contributed by atoms with Crippen molar-refractivity contribution in [1.29, 1.82) is 0 Å². The zero-order valence-corrected chi connectivity index (χ0v) is 35.1. The van der Waals surface area contributed by atoms with Crippen LogP contribution in [0.2, 0.25) is 5.02 Å². The van der Waals surface area contributed by atoms with Gasteiger partial charge in [0.25, 0.3) is 5.91 Å². The van der Waals surface area contributed by atoms with Gasteiger partial charge in [-0.1, -0.05) is 36.7 Å². The highest BCUT2D eigenvalue weighted by atomic mass is 35.5. The zero-order chi connectivity index (χ0) is 39.6. The zero-order valence-electron chi connectivity index (χ0n) is 33.6. The third-order valence-electron chi connectivity index (χ3n) is 12.9. The van der Waals surface area contributed by atoms with Crippen molar-refractivity contribution < 1.29 is 27.1 Å². The van der Waals surface area contributed by atoms with Gasteiger partial charge >= 0.3 is 0 Å². The van der Waals surface area contributed by atoms with E-state index >= 15 is 0 Å². The number of halogens is 1. The Morgan fingerprint density at radius 1 is 1.00 bits per heavy atom. The van der Waals surface area contributed by atoms with Crippen molar-refractivity contribution in [2.24, 2.45) is 17.8 Å². The van der Waals surface area contributed by atoms with Crippen molar-refractivity contribution in [2.45, 2.75) is 90.2 Å². The number of aryl methyl sites for hydroxylation is 3. The third-order valence-corrected chi connectivity index (χ3v) is 15.1. The monoisotopic (exact) mass is 807 g/mol. The van der Waals surface area contributed by atoms with Crippen LogP contribution in [0.5, 0.6) is 5.75 Å². The molecule has 1 aromatic heterocycles. The normalized spacial score (nSPS) is 28.5. The molecule has 1 N–H and O–H groups in total. The summed E-state index contributed by atoms with van der Waals surface area (Å²) in [5.74, 6) is 2.00. The van der Waals surface area contributed by atoms with E-state index in [-0.39, 0.29) is 11.8 Å². The maximum atomic E-state index is 13.6. The molecule has 1 saturated carbocycles. The Bertz CT molecular complexity index is 1990. The summed E-state index contributed by atoms with van der Waals surface area (Å²) in [6.45, 7) is 14.5. The molecule has 1 amide bonds. The Balaban J connectivity index is 1.19. The van der Waals surface area contributed by atoms with Crippen LogP contribution >= 0.6 is 11.6 Å². The Hall–Kier alpha value is -3.42. The van der Waals surface area contributed by atoms with Crippen molar-refractivity contribution in [1.82, 2.24) is 19.5 Å². The SMILES string of the molecule is CO[C@@]1(CN2CCN(Cc3nc(C)c(C)o3)CC2)/C=C/C[C@H](C)[C@@H](C)S(=O)(=O)NC(=O)c2ccc3c(c2)N(CCCCc2cc(Cl)ccc2CO3)C[C@@H]2CC[C@H]21. The number of piperazine rings is 1. The Kier molecular flexibility index (Phi) is 12.5. The maximum absolute atomic E-state index is 13.6. The first-order chi connectivity index (χ1) is 26.8. The van der Waals surface area contributed by atoms with E-state index in [0.29, 0.717) is 41.8 Å². The summed E-state index contributed by atoms with van der Waals surface area (Å²) in [5, 5.41) is -0.0840. The molecule has 0 spiro atoms. The predicted octanol–water partition coefficient (Wildman–Crippen LogP) is 6.94. The molecule has 13 heteroatoms. The van der Waals surface area contributed by atoms with E-state index in [1.807, 2.05) is 58.2 Å². The van der Waals surface area contributed by atoms with Gasteiger partial charge in [-0.3, -0.25) is 14.6 Å². The summed E-state index contributed by atoms with van der Waals surface area (Å²) >= 11 is 6.42. The molecular weight excluding hydrogens is 750 g/mol. The smallest absolute Gasteiger partial charge is 0.264 e. The van der Waals surface area contributed by atoms with Gasteiger partial charge in [-0.05, 0) is 119 Å². The van der Waals surface area contributed by atoms with E-state index in [2.05, 4.69) is 36.6 Å². The van der Waals surface area contributed by atoms with Gasteiger partial charge in [0.2, 0.25) is 15.9 Å². The number of hydrogen-bond acceptors (Lipinski definition) is 10. The number of allylic oxidation sites excluding steroid dienone is 1. The summed E-state index contributed by atoms with van der Waals surface area (Å²) in [7, 11) is -2.14. The highest BCUT2D eigenvalue weighted by Crippen LogP contribution is 2.47. The van der Waals surface area contributed by atoms with E-state index in [1.54, 1.807) is 13.0 Å². The van der Waals surface area contributed by atoms with E-state index < -0.39 is 26.8 Å². The lowest BCUT2D eigenvalue weighted by Crippen LogP contribution is -2.58. The van der Waals surface area contributed by atoms with Crippen LogP contribution in [0.4, 0.5) is 5.69 Å². The number of ether oxygens (including phenoxy) is 2. The van der Waals surface area contributed by atoms with Crippen LogP contribution in [-0.4, -0.2) is 92.9 Å². The molecule has 56 heavy (non-hydrogen) atoms. The van der Waals surface area contributed by atoms with E-state index in [1.165, 1.54) is 5.56 Å². The molecule has 2 fully saturated rings. The molecule has 2 aromatic carbocycles. The lowest BCUT2D eigenvalue weighted by Gasteiger charge is -2.52. The average molecular weight is 808 g/mol. The van der Waals surface area contributed by atoms with Crippen LogP contribution in [0.25, 0.3) is 0 Å². The van der Waals surface area contributed by atoms with Gasteiger partial charge in [0.1, 0.15) is 23.7 Å². The Labute approximate surface area is 337 Å². The van der Waals surface area contributed by atoms with Gasteiger partial charge in [0, 0.05) is 63.5 Å². The largest absolute Gasteiger partial charge is 0.487 e. The molecule has 3 aromatic rings. The van der Waals surface area contributed by atoms with Crippen LogP contribution in [0, 0.1) is 31.6 Å². The molecule has 3 aliphatic heterocycles. The lowest BCUT2D eigenvalue weighted by atomic mass is 9.63. The summed E-state index contributed by atoms with van der Waals surface area (Å²) < 4.78 is 48.8. The van der Waals surface area contributed by atoms with Gasteiger partial charge in [-0.2, -0.15) is 0 Å². The Morgan fingerprint density at radius 3 is 2.50 bits per heavy atom. The van der Waals surface area contributed by atoms with Gasteiger partial charge < -0.3 is 18.8 Å². The van der Waals surface area contributed by atoms with Gasteiger partial charge in [-0.25, -0.2) is 18.1 Å². The van der Waals surface area contributed by atoms with Crippen LogP contribution in [0.3, 0.4) is 0 Å². The number of sulfonamides is 1. The first kappa shape index (κ1) is 40.8. The summed E-state index contributed by atoms with van der Waals surface area (Å²) in [5.41, 5.74) is 3.74. The van der Waals surface area contributed by atoms with Crippen LogP contribution in [-0.2, 0) is 34.3 Å². The quantitative estimate of drug-likeness (QED) is 0.272. The summed E-state index contributed by atoms with van der Waals surface area (Å²) in [4.78, 5) is 25.5. The third kappa shape index (κ3) is 8.99. The number of hydrogen-bond donors (Lipinski definition) is 1. The standard InChI is InChI=1S/C43H58ClN5O6S/c1-29-9-8-17-43(53-5,28-48-21-19-47(20-22-48)26-41-45-30(2)31(3)55-41)38-15-12-35(38)25-49-18-7-6-10-33-23-37(44)14-11-36(33)27-54-40-16-13-34(24-39(40)49)42(50)46-56(51,52)32(29)4/h8,11,13-14,16-17,23-24,29,32,35,38H,6-7,9-10,12,15,18-22,25-28H2,1-5H3,(H,46,50)/b17-8+/t29-,32+,35-,38+,43+/m0/s1. The second kappa shape index (κ2) is 17.2. The number of carbonyl (C=O) groups excluding carboxylic acids is 1. The maximum Gasteiger partial charge on any atom is 0.264 e. The molecule has 4 aliphatic rings. The number of nitrogens with zero attached hydrogens (tertiary/aromatic N) is 4. The first-order valence-corrected chi connectivity index (χ1v) is 22.2. The van der Waals surface area contributed by atoms with Gasteiger partial charge in [0.15, 0.2) is 0 Å². The molecule has 7 rings (SSSR count). The van der Waals surface area contributed by atoms with Crippen molar-refractivity contribution in [3.63, 3.8) is 0 Å². The fraction of sp³-hybridized carbons (Fsp3) is 0.581. The number of fused-ring (bicyclic) bond motifs is 3. The molecule has 5 atom stereocenters. The number of carbonyl (C=O) groups is 1. The molecule has 0 unspecified atom stereocenters. The Morgan fingerprint density at radius 2 is 1.79 bits per heavy atom. The van der Waals surface area contributed by atoms with Crippen molar-refractivity contribution >= 4 is 33.2 Å². The molecule has 11 nitrogen and oxygen atoms in total. The topological polar surface area (TPSA) is 117 Å². The average Bonchev–Trinajstić information content (AvgIpc) is 3.47. The van der Waals surface area contributed by atoms with Gasteiger partial charge in [0.05, 0.1) is 23.2 Å². The highest BCUT2D eigenvalue weighted by molar-refractivity contribution is 7.90. The van der Waals surface area contributed by atoms with Gasteiger partial charge in [-0.15, -0.1) is 0 Å². The minimum Gasteiger partial charge on any atom is -0.487 e. The number of benzene rings is 2. The highest BCUT2D eigenvalue weighted by Gasteiger charge is 2.48. The van der Waals surface area contributed by atoms with Crippen molar-refractivity contribution in [3.8, 4) is 5.75 Å². The van der Waals surface area contributed by atoms with E-state index in [0.717, 1.165) is 107 Å². The minimum atomic E-state index is -3.97. The fourth-order valence-electron chi connectivity index (χ4n) is 8.88. The lowest BCUT2D eigenvalue weighted by molar-refractivity contribution is -0.0957. The number of amides is 1. The van der Waals surface area contributed by atoms with Crippen LogP contribution in [0.15, 0.2) is 53.0 Å². The van der Waals surface area contributed by atoms with E-state index in [4.69, 9.17) is 25.5 Å². The van der Waals surface area contributed by atoms with Crippen LogP contribution < -0.4 is 14.4 Å². The predicted molar refractivity (Wildman–Crippen MR) is 220 cm³/mol. The summed E-state index contributed by atoms with van der Waals surface area (Å²) in [6.07, 6.45) is 9.77. The first-order valence-electron chi connectivity index (χ1n) is 20.3. The fourth-order valence-corrected chi connectivity index (χ4v) is 10.4. The number of oxazole rings is 1. The molecule has 2 bridgehead atoms. The minimum absolute atomic E-state index is 0.240.